The van der Waals surface area contributed by atoms with Crippen molar-refractivity contribution in [3.8, 4) is 0 Å². The third-order valence-electron chi connectivity index (χ3n) is 2.12. The normalized spacial score (nSPS) is 11.3. The van der Waals surface area contributed by atoms with Gasteiger partial charge in [-0.15, -0.1) is 0 Å². The molecule has 1 aromatic rings. The molecule has 0 aromatic heterocycles. The summed E-state index contributed by atoms with van der Waals surface area (Å²) in [6.07, 6.45) is 0. The van der Waals surface area contributed by atoms with Crippen molar-refractivity contribution >= 4 is 16.0 Å². The lowest BCUT2D eigenvalue weighted by atomic mass is 10.2. The number of benzene rings is 1. The molecule has 0 aliphatic carbocycles. The van der Waals surface area contributed by atoms with E-state index in [0.29, 0.717) is 0 Å². The zero-order valence-electron chi connectivity index (χ0n) is 10.6. The van der Waals surface area contributed by atoms with Crippen LogP contribution in [0.5, 0.6) is 0 Å². The number of rotatable bonds is 7. The second-order valence-electron chi connectivity index (χ2n) is 3.45. The largest absolute Gasteiger partial charge is 0.465 e. The summed E-state index contributed by atoms with van der Waals surface area (Å²) < 4.78 is 32.9. The van der Waals surface area contributed by atoms with Crippen LogP contribution in [0.4, 0.5) is 0 Å². The van der Waals surface area contributed by atoms with Gasteiger partial charge in [0, 0.05) is 7.11 Å². The Morgan fingerprint density at radius 2 is 2.00 bits per heavy atom. The minimum Gasteiger partial charge on any atom is -0.465 e. The third kappa shape index (κ3) is 4.60. The highest BCUT2D eigenvalue weighted by molar-refractivity contribution is 7.89. The van der Waals surface area contributed by atoms with E-state index >= 15 is 0 Å². The van der Waals surface area contributed by atoms with Gasteiger partial charge in [-0.3, -0.25) is 4.84 Å². The molecule has 0 aliphatic heterocycles. The molecule has 0 atom stereocenters. The molecule has 0 saturated heterocycles. The number of hydrogen-bond donors (Lipinski definition) is 1. The van der Waals surface area contributed by atoms with E-state index in [9.17, 15) is 13.2 Å². The van der Waals surface area contributed by atoms with Crippen molar-refractivity contribution in [3.05, 3.63) is 29.8 Å². The molecular weight excluding hydrogens is 274 g/mol. The molecule has 0 heterocycles. The maximum atomic E-state index is 11.8. The molecule has 106 valence electrons. The SMILES string of the molecule is COCCONS(=O)(=O)c1cccc(C(=O)OC)c1. The fraction of sp³-hybridized carbons (Fsp3) is 0.364. The number of carbonyl (C=O) groups is 1. The lowest BCUT2D eigenvalue weighted by molar-refractivity contribution is 0.0438. The van der Waals surface area contributed by atoms with Crippen LogP contribution in [0.1, 0.15) is 10.4 Å². The minimum absolute atomic E-state index is 0.0758. The zero-order chi connectivity index (χ0) is 14.3. The van der Waals surface area contributed by atoms with Gasteiger partial charge >= 0.3 is 5.97 Å². The first-order valence-electron chi connectivity index (χ1n) is 5.32. The molecule has 0 saturated carbocycles. The molecule has 1 N–H and O–H groups in total. The van der Waals surface area contributed by atoms with Crippen molar-refractivity contribution < 1.29 is 27.5 Å². The number of carbonyl (C=O) groups excluding carboxylic acids is 1. The average molecular weight is 289 g/mol. The van der Waals surface area contributed by atoms with Gasteiger partial charge in [0.2, 0.25) is 0 Å². The number of hydrogen-bond acceptors (Lipinski definition) is 6. The molecule has 0 unspecified atom stereocenters. The molecule has 8 heteroatoms. The highest BCUT2D eigenvalue weighted by Crippen LogP contribution is 2.12. The van der Waals surface area contributed by atoms with Crippen molar-refractivity contribution in [2.24, 2.45) is 0 Å². The summed E-state index contributed by atoms with van der Waals surface area (Å²) in [5.74, 6) is -0.614. The smallest absolute Gasteiger partial charge is 0.337 e. The monoisotopic (exact) mass is 289 g/mol. The predicted octanol–water partition coefficient (Wildman–Crippen LogP) is 0.329. The summed E-state index contributed by atoms with van der Waals surface area (Å²) in [5.41, 5.74) is 0.141. The Morgan fingerprint density at radius 3 is 2.63 bits per heavy atom. The van der Waals surface area contributed by atoms with Gasteiger partial charge in [-0.2, -0.15) is 0 Å². The van der Waals surface area contributed by atoms with Gasteiger partial charge in [0.1, 0.15) is 0 Å². The van der Waals surface area contributed by atoms with Crippen molar-refractivity contribution in [2.45, 2.75) is 4.90 Å². The standard InChI is InChI=1S/C11H15NO6S/c1-16-6-7-18-12-19(14,15)10-5-3-4-9(8-10)11(13)17-2/h3-5,8,12H,6-7H2,1-2H3. The van der Waals surface area contributed by atoms with Crippen LogP contribution < -0.4 is 4.89 Å². The molecule has 1 rings (SSSR count). The quantitative estimate of drug-likeness (QED) is 0.442. The van der Waals surface area contributed by atoms with E-state index in [-0.39, 0.29) is 23.7 Å². The summed E-state index contributed by atoms with van der Waals surface area (Å²) >= 11 is 0. The topological polar surface area (TPSA) is 90.9 Å². The molecule has 0 spiro atoms. The molecule has 0 aliphatic rings. The van der Waals surface area contributed by atoms with Gasteiger partial charge < -0.3 is 9.47 Å². The van der Waals surface area contributed by atoms with E-state index in [1.807, 2.05) is 4.89 Å². The Balaban J connectivity index is 2.80. The molecule has 0 fully saturated rings. The molecule has 0 amide bonds. The Kier molecular flexibility index (Phi) is 5.90. The summed E-state index contributed by atoms with van der Waals surface area (Å²) in [4.78, 5) is 17.9. The second kappa shape index (κ2) is 7.19. The maximum absolute atomic E-state index is 11.8. The molecule has 7 nitrogen and oxygen atoms in total. The van der Waals surface area contributed by atoms with Gasteiger partial charge in [0.25, 0.3) is 10.0 Å². The number of esters is 1. The Labute approximate surface area is 111 Å². The summed E-state index contributed by atoms with van der Waals surface area (Å²) in [7, 11) is -1.15. The lowest BCUT2D eigenvalue weighted by Gasteiger charge is -2.07. The fourth-order valence-corrected chi connectivity index (χ4v) is 2.07. The van der Waals surface area contributed by atoms with Crippen LogP contribution in [-0.2, 0) is 24.3 Å². The van der Waals surface area contributed by atoms with Crippen molar-refractivity contribution in [1.29, 1.82) is 0 Å². The first-order chi connectivity index (χ1) is 9.01. The van der Waals surface area contributed by atoms with Crippen molar-refractivity contribution in [2.75, 3.05) is 27.4 Å². The Bertz CT molecular complexity index is 528. The van der Waals surface area contributed by atoms with Crippen LogP contribution in [0, 0.1) is 0 Å². The van der Waals surface area contributed by atoms with Crippen LogP contribution in [0.25, 0.3) is 0 Å². The second-order valence-corrected chi connectivity index (χ2v) is 5.09. The zero-order valence-corrected chi connectivity index (χ0v) is 11.4. The highest BCUT2D eigenvalue weighted by Gasteiger charge is 2.16. The molecule has 0 radical (unpaired) electrons. The van der Waals surface area contributed by atoms with Gasteiger partial charge in [0.15, 0.2) is 0 Å². The van der Waals surface area contributed by atoms with Crippen LogP contribution in [0.15, 0.2) is 29.2 Å². The third-order valence-corrected chi connectivity index (χ3v) is 3.34. The van der Waals surface area contributed by atoms with Crippen LogP contribution >= 0.6 is 0 Å². The lowest BCUT2D eigenvalue weighted by Crippen LogP contribution is -2.26. The van der Waals surface area contributed by atoms with Crippen LogP contribution in [0.3, 0.4) is 0 Å². The molecule has 19 heavy (non-hydrogen) atoms. The molecule has 0 bridgehead atoms. The average Bonchev–Trinajstić information content (AvgIpc) is 2.43. The van der Waals surface area contributed by atoms with Crippen molar-refractivity contribution in [1.82, 2.24) is 4.89 Å². The van der Waals surface area contributed by atoms with E-state index in [1.54, 1.807) is 0 Å². The number of sulfonamides is 1. The number of nitrogens with one attached hydrogen (secondary N) is 1. The summed E-state index contributed by atoms with van der Waals surface area (Å²) in [5, 5.41) is 0. The Hall–Kier alpha value is -1.48. The Morgan fingerprint density at radius 1 is 1.26 bits per heavy atom. The van der Waals surface area contributed by atoms with E-state index in [1.165, 1.54) is 38.5 Å². The van der Waals surface area contributed by atoms with Crippen molar-refractivity contribution in [3.63, 3.8) is 0 Å². The summed E-state index contributed by atoms with van der Waals surface area (Å²) in [6.45, 7) is 0.330. The first-order valence-corrected chi connectivity index (χ1v) is 6.80. The van der Waals surface area contributed by atoms with Gasteiger partial charge in [-0.05, 0) is 18.2 Å². The first kappa shape index (κ1) is 15.6. The fourth-order valence-electron chi connectivity index (χ4n) is 1.20. The van der Waals surface area contributed by atoms with Crippen LogP contribution in [0.2, 0.25) is 0 Å². The van der Waals surface area contributed by atoms with E-state index in [2.05, 4.69) is 4.74 Å². The van der Waals surface area contributed by atoms with Gasteiger partial charge in [-0.25, -0.2) is 13.2 Å². The molecule has 1 aromatic carbocycles. The van der Waals surface area contributed by atoms with Crippen LogP contribution in [-0.4, -0.2) is 41.8 Å². The van der Waals surface area contributed by atoms with E-state index in [0.717, 1.165) is 0 Å². The summed E-state index contributed by atoms with van der Waals surface area (Å²) in [6, 6.07) is 5.44. The minimum atomic E-state index is -3.84. The number of methoxy groups -OCH3 is 2. The highest BCUT2D eigenvalue weighted by atomic mass is 32.2. The predicted molar refractivity (Wildman–Crippen MR) is 65.9 cm³/mol. The van der Waals surface area contributed by atoms with E-state index < -0.39 is 16.0 Å². The van der Waals surface area contributed by atoms with Gasteiger partial charge in [0.05, 0.1) is 30.8 Å². The maximum Gasteiger partial charge on any atom is 0.337 e. The van der Waals surface area contributed by atoms with Gasteiger partial charge in [-0.1, -0.05) is 11.0 Å². The number of ether oxygens (including phenoxy) is 2. The molecular formula is C11H15NO6S. The van der Waals surface area contributed by atoms with E-state index in [4.69, 9.17) is 9.57 Å².